The molecule has 0 saturated carbocycles. The molecule has 1 N–H and O–H groups in total. The number of aromatic nitrogens is 1. The Morgan fingerprint density at radius 2 is 2.12 bits per heavy atom. The van der Waals surface area contributed by atoms with Gasteiger partial charge in [-0.2, -0.15) is 0 Å². The second-order valence-corrected chi connectivity index (χ2v) is 11.4. The molecule has 0 radical (unpaired) electrons. The molecular weight excluding hydrogens is 356 g/mol. The molecule has 1 aromatic heterocycles. The van der Waals surface area contributed by atoms with Gasteiger partial charge in [-0.15, -0.1) is 11.3 Å². The van der Waals surface area contributed by atoms with Crippen molar-refractivity contribution < 1.29 is 8.42 Å². The van der Waals surface area contributed by atoms with Crippen molar-refractivity contribution in [1.82, 2.24) is 15.2 Å². The molecule has 142 valence electrons. The summed E-state index contributed by atoms with van der Waals surface area (Å²) in [6.07, 6.45) is 0. The van der Waals surface area contributed by atoms with Crippen LogP contribution in [0.5, 0.6) is 0 Å². The third-order valence-corrected chi connectivity index (χ3v) is 7.97. The van der Waals surface area contributed by atoms with E-state index < -0.39 is 14.6 Å². The second kappa shape index (κ2) is 7.61. The number of hydrogen-bond donors (Lipinski definition) is 1. The number of thiazole rings is 1. The van der Waals surface area contributed by atoms with E-state index in [1.807, 2.05) is 11.8 Å². The fraction of sp³-hybridized carbons (Fsp3) is 0.765. The summed E-state index contributed by atoms with van der Waals surface area (Å²) in [6, 6.07) is 0. The molecular formula is C17H30N4O2S2. The molecule has 0 aromatic carbocycles. The molecule has 0 bridgehead atoms. The Kier molecular flexibility index (Phi) is 6.14. The van der Waals surface area contributed by atoms with Crippen molar-refractivity contribution in [1.29, 1.82) is 0 Å². The normalized spacial score (nSPS) is 20.1. The maximum Gasteiger partial charge on any atom is 0.194 e. The Morgan fingerprint density at radius 3 is 2.64 bits per heavy atom. The first-order valence-corrected chi connectivity index (χ1v) is 11.3. The van der Waals surface area contributed by atoms with Crippen LogP contribution in [0.15, 0.2) is 4.99 Å². The average Bonchev–Trinajstić information content (AvgIpc) is 2.88. The molecule has 8 heteroatoms. The molecule has 0 atom stereocenters. The summed E-state index contributed by atoms with van der Waals surface area (Å²) in [5, 5.41) is 4.29. The first-order valence-electron chi connectivity index (χ1n) is 8.79. The fourth-order valence-electron chi connectivity index (χ4n) is 2.96. The zero-order chi connectivity index (χ0) is 18.8. The van der Waals surface area contributed by atoms with Gasteiger partial charge in [-0.05, 0) is 33.6 Å². The van der Waals surface area contributed by atoms with E-state index >= 15 is 0 Å². The van der Waals surface area contributed by atoms with Gasteiger partial charge in [-0.1, -0.05) is 13.8 Å². The van der Waals surface area contributed by atoms with E-state index in [-0.39, 0.29) is 5.75 Å². The zero-order valence-corrected chi connectivity index (χ0v) is 17.7. The van der Waals surface area contributed by atoms with E-state index in [4.69, 9.17) is 9.98 Å². The standard InChI is InChI=1S/C17H30N4O2S2/c1-7-18-16(21-8-9-25(22,23)17(5,6)11-21)19-10-14-20-15(12(2)3)13(4)24-14/h12H,7-11H2,1-6H3,(H,18,19). The van der Waals surface area contributed by atoms with Crippen molar-refractivity contribution >= 4 is 27.1 Å². The van der Waals surface area contributed by atoms with Crippen molar-refractivity contribution in [3.63, 3.8) is 0 Å². The van der Waals surface area contributed by atoms with Gasteiger partial charge in [-0.25, -0.2) is 18.4 Å². The van der Waals surface area contributed by atoms with E-state index in [0.717, 1.165) is 23.2 Å². The highest BCUT2D eigenvalue weighted by Gasteiger charge is 2.40. The quantitative estimate of drug-likeness (QED) is 0.636. The van der Waals surface area contributed by atoms with Crippen molar-refractivity contribution in [3.8, 4) is 0 Å². The molecule has 0 aliphatic carbocycles. The molecule has 25 heavy (non-hydrogen) atoms. The van der Waals surface area contributed by atoms with Gasteiger partial charge in [0.2, 0.25) is 0 Å². The molecule has 1 aliphatic rings. The van der Waals surface area contributed by atoms with E-state index in [0.29, 0.717) is 25.6 Å². The van der Waals surface area contributed by atoms with E-state index in [1.165, 1.54) is 4.88 Å². The van der Waals surface area contributed by atoms with Gasteiger partial charge in [0.15, 0.2) is 15.8 Å². The highest BCUT2D eigenvalue weighted by molar-refractivity contribution is 7.92. The van der Waals surface area contributed by atoms with Crippen LogP contribution < -0.4 is 5.32 Å². The van der Waals surface area contributed by atoms with Crippen LogP contribution in [0.2, 0.25) is 0 Å². The molecule has 6 nitrogen and oxygen atoms in total. The lowest BCUT2D eigenvalue weighted by Gasteiger charge is -2.39. The molecule has 1 fully saturated rings. The van der Waals surface area contributed by atoms with Gasteiger partial charge in [0, 0.05) is 24.5 Å². The highest BCUT2D eigenvalue weighted by atomic mass is 32.2. The predicted octanol–water partition coefficient (Wildman–Crippen LogP) is 2.55. The predicted molar refractivity (Wildman–Crippen MR) is 105 cm³/mol. The molecule has 2 heterocycles. The first-order chi connectivity index (χ1) is 11.6. The number of nitrogens with zero attached hydrogens (tertiary/aromatic N) is 3. The van der Waals surface area contributed by atoms with Gasteiger partial charge in [0.25, 0.3) is 0 Å². The lowest BCUT2D eigenvalue weighted by molar-refractivity contribution is 0.353. The van der Waals surface area contributed by atoms with Crippen molar-refractivity contribution in [2.45, 2.75) is 58.8 Å². The van der Waals surface area contributed by atoms with E-state index in [9.17, 15) is 8.42 Å². The number of sulfone groups is 1. The Hall–Kier alpha value is -1.15. The summed E-state index contributed by atoms with van der Waals surface area (Å²) in [4.78, 5) is 12.7. The summed E-state index contributed by atoms with van der Waals surface area (Å²) in [5.41, 5.74) is 1.14. The van der Waals surface area contributed by atoms with Crippen LogP contribution in [-0.2, 0) is 16.4 Å². The second-order valence-electron chi connectivity index (χ2n) is 7.37. The number of aliphatic imine (C=N–C) groups is 1. The van der Waals surface area contributed by atoms with Crippen LogP contribution in [-0.4, -0.2) is 54.4 Å². The molecule has 1 saturated heterocycles. The number of aryl methyl sites for hydroxylation is 1. The van der Waals surface area contributed by atoms with Gasteiger partial charge >= 0.3 is 0 Å². The van der Waals surface area contributed by atoms with Crippen LogP contribution in [0.1, 0.15) is 56.1 Å². The molecule has 0 amide bonds. The number of guanidine groups is 1. The average molecular weight is 387 g/mol. The van der Waals surface area contributed by atoms with Gasteiger partial charge < -0.3 is 10.2 Å². The van der Waals surface area contributed by atoms with Gasteiger partial charge in [-0.3, -0.25) is 0 Å². The molecule has 1 aromatic rings. The third kappa shape index (κ3) is 4.53. The van der Waals surface area contributed by atoms with Crippen LogP contribution in [0.3, 0.4) is 0 Å². The van der Waals surface area contributed by atoms with Crippen LogP contribution in [0.4, 0.5) is 0 Å². The molecule has 0 spiro atoms. The smallest absolute Gasteiger partial charge is 0.194 e. The Morgan fingerprint density at radius 1 is 1.44 bits per heavy atom. The van der Waals surface area contributed by atoms with Crippen molar-refractivity contribution in [2.24, 2.45) is 4.99 Å². The number of rotatable bonds is 4. The minimum Gasteiger partial charge on any atom is -0.357 e. The molecule has 2 rings (SSSR count). The lowest BCUT2D eigenvalue weighted by atomic mass is 10.1. The minimum absolute atomic E-state index is 0.165. The van der Waals surface area contributed by atoms with E-state index in [1.54, 1.807) is 25.2 Å². The maximum absolute atomic E-state index is 12.2. The summed E-state index contributed by atoms with van der Waals surface area (Å²) in [6.45, 7) is 14.2. The Bertz CT molecular complexity index is 736. The van der Waals surface area contributed by atoms with Crippen molar-refractivity contribution in [3.05, 3.63) is 15.6 Å². The zero-order valence-electron chi connectivity index (χ0n) is 16.1. The first kappa shape index (κ1) is 20.2. The Labute approximate surface area is 155 Å². The SMILES string of the molecule is CCNC(=NCc1nc(C(C)C)c(C)s1)N1CCS(=O)(=O)C(C)(C)C1. The van der Waals surface area contributed by atoms with E-state index in [2.05, 4.69) is 26.1 Å². The lowest BCUT2D eigenvalue weighted by Crippen LogP contribution is -2.57. The van der Waals surface area contributed by atoms with Crippen LogP contribution in [0, 0.1) is 6.92 Å². The maximum atomic E-state index is 12.2. The monoisotopic (exact) mass is 386 g/mol. The van der Waals surface area contributed by atoms with Crippen molar-refractivity contribution in [2.75, 3.05) is 25.4 Å². The molecule has 0 unspecified atom stereocenters. The minimum atomic E-state index is -3.06. The summed E-state index contributed by atoms with van der Waals surface area (Å²) in [5.74, 6) is 1.35. The summed E-state index contributed by atoms with van der Waals surface area (Å²) in [7, 11) is -3.06. The van der Waals surface area contributed by atoms with Gasteiger partial charge in [0.1, 0.15) is 5.01 Å². The third-order valence-electron chi connectivity index (χ3n) is 4.47. The van der Waals surface area contributed by atoms with Crippen LogP contribution >= 0.6 is 11.3 Å². The summed E-state index contributed by atoms with van der Waals surface area (Å²) >= 11 is 1.69. The highest BCUT2D eigenvalue weighted by Crippen LogP contribution is 2.26. The summed E-state index contributed by atoms with van der Waals surface area (Å²) < 4.78 is 23.7. The molecule has 1 aliphatic heterocycles. The largest absolute Gasteiger partial charge is 0.357 e. The number of nitrogens with one attached hydrogen (secondary N) is 1. The fourth-order valence-corrected chi connectivity index (χ4v) is 5.34. The Balaban J connectivity index is 2.18. The van der Waals surface area contributed by atoms with Crippen LogP contribution in [0.25, 0.3) is 0 Å². The van der Waals surface area contributed by atoms with Gasteiger partial charge in [0.05, 0.1) is 22.7 Å². The number of hydrogen-bond acceptors (Lipinski definition) is 5. The topological polar surface area (TPSA) is 74.7 Å².